The van der Waals surface area contributed by atoms with Gasteiger partial charge in [-0.25, -0.2) is 14.8 Å². The zero-order chi connectivity index (χ0) is 17.6. The Morgan fingerprint density at radius 2 is 1.88 bits per heavy atom. The Hall–Kier alpha value is -2.97. The molecule has 2 amide bonds. The average molecular weight is 345 g/mol. The number of ether oxygens (including phenoxy) is 3. The van der Waals surface area contributed by atoms with Crippen molar-refractivity contribution in [2.75, 3.05) is 45.9 Å². The van der Waals surface area contributed by atoms with Crippen LogP contribution in [0.15, 0.2) is 12.4 Å². The number of urea groups is 1. The summed E-state index contributed by atoms with van der Waals surface area (Å²) in [7, 11) is 4.70. The van der Waals surface area contributed by atoms with Crippen LogP contribution in [0.1, 0.15) is 0 Å². The Labute approximate surface area is 144 Å². The van der Waals surface area contributed by atoms with Gasteiger partial charge in [-0.15, -0.1) is 0 Å². The number of nitrogens with zero attached hydrogens (tertiary/aromatic N) is 3. The van der Waals surface area contributed by atoms with Gasteiger partial charge in [0.25, 0.3) is 0 Å². The van der Waals surface area contributed by atoms with Crippen molar-refractivity contribution >= 4 is 22.8 Å². The zero-order valence-corrected chi connectivity index (χ0v) is 14.3. The molecule has 2 aromatic rings. The van der Waals surface area contributed by atoms with Crippen molar-refractivity contribution in [3.8, 4) is 17.2 Å². The summed E-state index contributed by atoms with van der Waals surface area (Å²) in [5.41, 5.74) is 0.425. The van der Waals surface area contributed by atoms with Crippen LogP contribution in [-0.2, 0) is 0 Å². The maximum atomic E-state index is 11.4. The van der Waals surface area contributed by atoms with Crippen LogP contribution >= 0.6 is 0 Å². The number of fused-ring (bicyclic) bond motifs is 1. The van der Waals surface area contributed by atoms with E-state index in [9.17, 15) is 4.79 Å². The fraction of sp³-hybridized carbons (Fsp3) is 0.438. The van der Waals surface area contributed by atoms with Crippen molar-refractivity contribution < 1.29 is 19.0 Å². The Balaban J connectivity index is 1.77. The molecular formula is C16H19N5O4. The summed E-state index contributed by atoms with van der Waals surface area (Å²) in [6.07, 6.45) is 1.50. The molecule has 0 radical (unpaired) electrons. The molecule has 0 bridgehead atoms. The van der Waals surface area contributed by atoms with Crippen LogP contribution < -0.4 is 29.7 Å². The average Bonchev–Trinajstić information content (AvgIpc) is 3.00. The molecule has 4 rings (SSSR count). The number of hydrogen-bond donors (Lipinski definition) is 2. The van der Waals surface area contributed by atoms with Gasteiger partial charge in [-0.2, -0.15) is 0 Å². The Bertz CT molecular complexity index is 850. The highest BCUT2D eigenvalue weighted by molar-refractivity contribution is 5.97. The Morgan fingerprint density at radius 3 is 2.48 bits per heavy atom. The second-order valence-corrected chi connectivity index (χ2v) is 6.18. The van der Waals surface area contributed by atoms with Crippen molar-refractivity contribution in [1.82, 2.24) is 20.6 Å². The third-order valence-electron chi connectivity index (χ3n) is 4.66. The number of rotatable bonds is 4. The summed E-state index contributed by atoms with van der Waals surface area (Å²) < 4.78 is 16.4. The monoisotopic (exact) mass is 345 g/mol. The van der Waals surface area contributed by atoms with Gasteiger partial charge in [-0.05, 0) is 6.07 Å². The molecule has 1 spiro atoms. The van der Waals surface area contributed by atoms with E-state index in [1.807, 2.05) is 6.07 Å². The lowest BCUT2D eigenvalue weighted by atomic mass is 9.90. The zero-order valence-electron chi connectivity index (χ0n) is 14.3. The molecule has 1 aromatic carbocycles. The molecule has 2 aliphatic heterocycles. The standard InChI is InChI=1S/C16H19N5O4/c1-23-10-4-9-11(13(25-3)12(10)24-2)18-8-19-14(9)21-6-16(7-21)5-17-15(22)20-16/h4,8H,5-7H2,1-3H3,(H2,17,20,22). The lowest BCUT2D eigenvalue weighted by Crippen LogP contribution is -2.69. The van der Waals surface area contributed by atoms with Crippen molar-refractivity contribution in [2.24, 2.45) is 0 Å². The molecule has 132 valence electrons. The topological polar surface area (TPSA) is 97.8 Å². The number of aromatic nitrogens is 2. The molecule has 2 saturated heterocycles. The number of benzene rings is 1. The quantitative estimate of drug-likeness (QED) is 0.834. The van der Waals surface area contributed by atoms with E-state index >= 15 is 0 Å². The largest absolute Gasteiger partial charge is 0.493 e. The van der Waals surface area contributed by atoms with Crippen LogP contribution in [-0.4, -0.2) is 62.5 Å². The Kier molecular flexibility index (Phi) is 3.45. The first-order valence-electron chi connectivity index (χ1n) is 7.85. The van der Waals surface area contributed by atoms with E-state index in [-0.39, 0.29) is 11.6 Å². The van der Waals surface area contributed by atoms with Crippen LogP contribution in [0.3, 0.4) is 0 Å². The molecule has 0 aliphatic carbocycles. The summed E-state index contributed by atoms with van der Waals surface area (Å²) in [6, 6.07) is 1.72. The smallest absolute Gasteiger partial charge is 0.315 e. The lowest BCUT2D eigenvalue weighted by Gasteiger charge is -2.47. The fourth-order valence-electron chi connectivity index (χ4n) is 3.51. The van der Waals surface area contributed by atoms with E-state index in [0.29, 0.717) is 42.4 Å². The molecule has 3 heterocycles. The highest BCUT2D eigenvalue weighted by atomic mass is 16.5. The van der Waals surface area contributed by atoms with Gasteiger partial charge in [-0.1, -0.05) is 0 Å². The molecule has 9 nitrogen and oxygen atoms in total. The van der Waals surface area contributed by atoms with Crippen molar-refractivity contribution in [1.29, 1.82) is 0 Å². The second-order valence-electron chi connectivity index (χ2n) is 6.18. The third-order valence-corrected chi connectivity index (χ3v) is 4.66. The third kappa shape index (κ3) is 2.26. The lowest BCUT2D eigenvalue weighted by molar-refractivity contribution is 0.240. The molecule has 0 unspecified atom stereocenters. The number of hydrogen-bond acceptors (Lipinski definition) is 7. The summed E-state index contributed by atoms with van der Waals surface area (Å²) >= 11 is 0. The van der Waals surface area contributed by atoms with E-state index < -0.39 is 0 Å². The first-order valence-corrected chi connectivity index (χ1v) is 7.85. The molecule has 25 heavy (non-hydrogen) atoms. The van der Waals surface area contributed by atoms with Crippen LogP contribution in [0.2, 0.25) is 0 Å². The van der Waals surface area contributed by atoms with Gasteiger partial charge in [0.05, 0.1) is 32.3 Å². The first kappa shape index (κ1) is 15.6. The predicted molar refractivity (Wildman–Crippen MR) is 90.7 cm³/mol. The van der Waals surface area contributed by atoms with Crippen molar-refractivity contribution in [3.05, 3.63) is 12.4 Å². The maximum absolute atomic E-state index is 11.4. The molecule has 1 aromatic heterocycles. The minimum absolute atomic E-state index is 0.125. The van der Waals surface area contributed by atoms with Gasteiger partial charge >= 0.3 is 6.03 Å². The molecule has 2 aliphatic rings. The van der Waals surface area contributed by atoms with Gasteiger partial charge in [0, 0.05) is 19.6 Å². The number of nitrogens with one attached hydrogen (secondary N) is 2. The van der Waals surface area contributed by atoms with Crippen LogP contribution in [0.25, 0.3) is 10.9 Å². The van der Waals surface area contributed by atoms with E-state index in [2.05, 4.69) is 25.5 Å². The van der Waals surface area contributed by atoms with E-state index in [4.69, 9.17) is 14.2 Å². The van der Waals surface area contributed by atoms with E-state index in [1.165, 1.54) is 6.33 Å². The van der Waals surface area contributed by atoms with Crippen molar-refractivity contribution in [2.45, 2.75) is 5.54 Å². The Morgan fingerprint density at radius 1 is 1.12 bits per heavy atom. The van der Waals surface area contributed by atoms with Gasteiger partial charge in [0.15, 0.2) is 11.5 Å². The van der Waals surface area contributed by atoms with E-state index in [1.54, 1.807) is 21.3 Å². The van der Waals surface area contributed by atoms with Gasteiger partial charge in [-0.3, -0.25) is 0 Å². The van der Waals surface area contributed by atoms with Gasteiger partial charge in [0.2, 0.25) is 5.75 Å². The minimum Gasteiger partial charge on any atom is -0.493 e. The molecule has 0 saturated carbocycles. The molecular weight excluding hydrogens is 326 g/mol. The minimum atomic E-state index is -0.227. The molecule has 9 heteroatoms. The number of carbonyl (C=O) groups is 1. The number of carbonyl (C=O) groups excluding carboxylic acids is 1. The van der Waals surface area contributed by atoms with Crippen LogP contribution in [0, 0.1) is 0 Å². The summed E-state index contributed by atoms with van der Waals surface area (Å²) in [6.45, 7) is 1.97. The molecule has 0 atom stereocenters. The first-order chi connectivity index (χ1) is 12.1. The van der Waals surface area contributed by atoms with Gasteiger partial charge < -0.3 is 29.7 Å². The highest BCUT2D eigenvalue weighted by Crippen LogP contribution is 2.45. The van der Waals surface area contributed by atoms with Crippen LogP contribution in [0.4, 0.5) is 10.6 Å². The predicted octanol–water partition coefficient (Wildman–Crippen LogP) is 0.527. The van der Waals surface area contributed by atoms with Crippen LogP contribution in [0.5, 0.6) is 17.2 Å². The van der Waals surface area contributed by atoms with E-state index in [0.717, 1.165) is 11.2 Å². The van der Waals surface area contributed by atoms with Crippen molar-refractivity contribution in [3.63, 3.8) is 0 Å². The SMILES string of the molecule is COc1cc2c(N3CC4(CNC(=O)N4)C3)ncnc2c(OC)c1OC. The fourth-order valence-corrected chi connectivity index (χ4v) is 3.51. The second kappa shape index (κ2) is 5.54. The number of anilines is 1. The number of methoxy groups -OCH3 is 3. The number of amides is 2. The normalized spacial score (nSPS) is 17.9. The summed E-state index contributed by atoms with van der Waals surface area (Å²) in [5, 5.41) is 6.59. The van der Waals surface area contributed by atoms with Gasteiger partial charge in [0.1, 0.15) is 17.7 Å². The molecule has 2 fully saturated rings. The summed E-state index contributed by atoms with van der Waals surface area (Å²) in [5.74, 6) is 2.33. The highest BCUT2D eigenvalue weighted by Gasteiger charge is 2.48. The maximum Gasteiger partial charge on any atom is 0.315 e. The summed E-state index contributed by atoms with van der Waals surface area (Å²) in [4.78, 5) is 22.3. The molecule has 2 N–H and O–H groups in total.